The molecule has 0 spiro atoms. The number of hydrogen-bond donors (Lipinski definition) is 1. The summed E-state index contributed by atoms with van der Waals surface area (Å²) in [6.45, 7) is 1.84. The van der Waals surface area contributed by atoms with Gasteiger partial charge in [0, 0.05) is 24.8 Å². The van der Waals surface area contributed by atoms with Gasteiger partial charge in [-0.2, -0.15) is 0 Å². The largest absolute Gasteiger partial charge is 0.344 e. The van der Waals surface area contributed by atoms with Crippen molar-refractivity contribution in [3.63, 3.8) is 0 Å². The summed E-state index contributed by atoms with van der Waals surface area (Å²) in [5.41, 5.74) is 1.42. The molecule has 3 aromatic heterocycles. The zero-order chi connectivity index (χ0) is 17.3. The molecule has 0 saturated heterocycles. The van der Waals surface area contributed by atoms with Gasteiger partial charge in [-0.1, -0.05) is 6.07 Å². The summed E-state index contributed by atoms with van der Waals surface area (Å²) in [7, 11) is -3.56. The van der Waals surface area contributed by atoms with Crippen LogP contribution in [0.5, 0.6) is 0 Å². The number of amides is 1. The number of carbonyl (C=O) groups is 1. The van der Waals surface area contributed by atoms with Crippen LogP contribution >= 0.6 is 0 Å². The smallest absolute Gasteiger partial charge is 0.272 e. The molecule has 0 aromatic carbocycles. The second-order valence-electron chi connectivity index (χ2n) is 5.45. The van der Waals surface area contributed by atoms with Gasteiger partial charge in [-0.3, -0.25) is 14.2 Å². The molecule has 1 atom stereocenters. The van der Waals surface area contributed by atoms with Crippen molar-refractivity contribution in [2.24, 2.45) is 0 Å². The van der Waals surface area contributed by atoms with E-state index in [9.17, 15) is 13.2 Å². The van der Waals surface area contributed by atoms with Crippen LogP contribution in [0.2, 0.25) is 0 Å². The highest BCUT2D eigenvalue weighted by Crippen LogP contribution is 2.18. The third-order valence-electron chi connectivity index (χ3n) is 3.62. The molecule has 3 rings (SSSR count). The first kappa shape index (κ1) is 16.1. The van der Waals surface area contributed by atoms with Crippen molar-refractivity contribution < 1.29 is 13.2 Å². The summed E-state index contributed by atoms with van der Waals surface area (Å²) in [4.78, 5) is 20.6. The van der Waals surface area contributed by atoms with Gasteiger partial charge < -0.3 is 5.32 Å². The van der Waals surface area contributed by atoms with Gasteiger partial charge >= 0.3 is 0 Å². The second kappa shape index (κ2) is 6.04. The lowest BCUT2D eigenvalue weighted by Crippen LogP contribution is -2.27. The zero-order valence-corrected chi connectivity index (χ0v) is 14.0. The Kier molecular flexibility index (Phi) is 4.06. The van der Waals surface area contributed by atoms with Crippen LogP contribution in [0, 0.1) is 0 Å². The van der Waals surface area contributed by atoms with Crippen LogP contribution in [0.25, 0.3) is 5.52 Å². The lowest BCUT2D eigenvalue weighted by molar-refractivity contribution is 0.0936. The molecule has 8 heteroatoms. The van der Waals surface area contributed by atoms with Crippen molar-refractivity contribution in [1.29, 1.82) is 0 Å². The summed E-state index contributed by atoms with van der Waals surface area (Å²) in [6.07, 6.45) is 5.93. The van der Waals surface area contributed by atoms with E-state index >= 15 is 0 Å². The van der Waals surface area contributed by atoms with Gasteiger partial charge in [0.05, 0.1) is 11.6 Å². The highest BCUT2D eigenvalue weighted by molar-refractivity contribution is 7.90. The Morgan fingerprint density at radius 3 is 2.58 bits per heavy atom. The predicted octanol–water partition coefficient (Wildman–Crippen LogP) is 1.62. The maximum atomic E-state index is 12.6. The number of nitrogens with zero attached hydrogens (tertiary/aromatic N) is 3. The molecule has 0 bridgehead atoms. The fraction of sp³-hybridized carbons (Fsp3) is 0.188. The van der Waals surface area contributed by atoms with Crippen molar-refractivity contribution in [3.05, 3.63) is 60.2 Å². The van der Waals surface area contributed by atoms with Crippen LogP contribution in [-0.2, 0) is 9.84 Å². The summed E-state index contributed by atoms with van der Waals surface area (Å²) in [5.74, 6) is -0.432. The van der Waals surface area contributed by atoms with Crippen molar-refractivity contribution in [3.8, 4) is 0 Å². The summed E-state index contributed by atoms with van der Waals surface area (Å²) >= 11 is 0. The van der Waals surface area contributed by atoms with Gasteiger partial charge in [0.15, 0.2) is 5.69 Å². The highest BCUT2D eigenvalue weighted by atomic mass is 32.2. The monoisotopic (exact) mass is 344 g/mol. The first-order valence-electron chi connectivity index (χ1n) is 7.26. The third-order valence-corrected chi connectivity index (χ3v) is 4.57. The van der Waals surface area contributed by atoms with E-state index < -0.39 is 15.7 Å². The molecular weight excluding hydrogens is 328 g/mol. The Labute approximate surface area is 139 Å². The average molecular weight is 344 g/mol. The van der Waals surface area contributed by atoms with Crippen molar-refractivity contribution in [2.75, 3.05) is 6.26 Å². The number of sulfone groups is 1. The molecule has 3 aromatic rings. The number of imidazole rings is 1. The van der Waals surface area contributed by atoms with E-state index in [0.29, 0.717) is 5.52 Å². The van der Waals surface area contributed by atoms with Gasteiger partial charge in [-0.25, -0.2) is 13.4 Å². The minimum Gasteiger partial charge on any atom is -0.344 e. The topological polar surface area (TPSA) is 93.4 Å². The van der Waals surface area contributed by atoms with E-state index in [0.717, 1.165) is 11.8 Å². The maximum absolute atomic E-state index is 12.6. The molecule has 3 heterocycles. The molecule has 0 aliphatic rings. The quantitative estimate of drug-likeness (QED) is 0.776. The standard InChI is InChI=1S/C16H16N4O3S/c1-11(12-6-8-17-9-7-12)18-15(21)14-13-5-3-4-10-20(13)16(19-14)24(2,22)23/h3-11H,1-2H3,(H,18,21). The number of hydrogen-bond acceptors (Lipinski definition) is 5. The van der Waals surface area contributed by atoms with E-state index in [4.69, 9.17) is 0 Å². The Morgan fingerprint density at radius 1 is 1.21 bits per heavy atom. The minimum absolute atomic E-state index is 0.0805. The number of nitrogens with one attached hydrogen (secondary N) is 1. The van der Waals surface area contributed by atoms with Crippen LogP contribution in [0.3, 0.4) is 0 Å². The fourth-order valence-electron chi connectivity index (χ4n) is 2.44. The van der Waals surface area contributed by atoms with Crippen molar-refractivity contribution in [1.82, 2.24) is 19.7 Å². The molecule has 0 saturated carbocycles. The number of pyridine rings is 2. The molecule has 7 nitrogen and oxygen atoms in total. The van der Waals surface area contributed by atoms with Crippen molar-refractivity contribution >= 4 is 21.3 Å². The van der Waals surface area contributed by atoms with Gasteiger partial charge in [-0.15, -0.1) is 0 Å². The van der Waals surface area contributed by atoms with E-state index in [2.05, 4.69) is 15.3 Å². The molecule has 0 radical (unpaired) electrons. The van der Waals surface area contributed by atoms with E-state index in [-0.39, 0.29) is 16.9 Å². The van der Waals surface area contributed by atoms with E-state index in [1.54, 1.807) is 48.9 Å². The van der Waals surface area contributed by atoms with Gasteiger partial charge in [0.2, 0.25) is 15.0 Å². The molecule has 1 amide bonds. The third kappa shape index (κ3) is 3.00. The predicted molar refractivity (Wildman–Crippen MR) is 88.4 cm³/mol. The molecule has 0 fully saturated rings. The summed E-state index contributed by atoms with van der Waals surface area (Å²) in [6, 6.07) is 8.42. The van der Waals surface area contributed by atoms with Crippen LogP contribution < -0.4 is 5.32 Å². The van der Waals surface area contributed by atoms with Gasteiger partial charge in [-0.05, 0) is 36.8 Å². The number of aromatic nitrogens is 3. The average Bonchev–Trinajstić information content (AvgIpc) is 2.95. The van der Waals surface area contributed by atoms with E-state index in [1.807, 2.05) is 6.92 Å². The number of rotatable bonds is 4. The summed E-state index contributed by atoms with van der Waals surface area (Å²) in [5, 5.41) is 2.68. The van der Waals surface area contributed by atoms with Crippen LogP contribution in [0.15, 0.2) is 54.1 Å². The van der Waals surface area contributed by atoms with Gasteiger partial charge in [0.25, 0.3) is 5.91 Å². The molecule has 24 heavy (non-hydrogen) atoms. The Hall–Kier alpha value is -2.74. The van der Waals surface area contributed by atoms with Gasteiger partial charge in [0.1, 0.15) is 0 Å². The Morgan fingerprint density at radius 2 is 1.92 bits per heavy atom. The SMILES string of the molecule is CC(NC(=O)c1nc(S(C)(=O)=O)n2ccccc12)c1ccncc1. The molecule has 124 valence electrons. The highest BCUT2D eigenvalue weighted by Gasteiger charge is 2.23. The van der Waals surface area contributed by atoms with Crippen LogP contribution in [0.1, 0.15) is 29.0 Å². The molecule has 0 aliphatic carbocycles. The molecular formula is C16H16N4O3S. The Bertz CT molecular complexity index is 997. The van der Waals surface area contributed by atoms with Crippen molar-refractivity contribution in [2.45, 2.75) is 18.1 Å². The van der Waals surface area contributed by atoms with Crippen LogP contribution in [-0.4, -0.2) is 34.9 Å². The fourth-order valence-corrected chi connectivity index (χ4v) is 3.21. The lowest BCUT2D eigenvalue weighted by Gasteiger charge is -2.13. The Balaban J connectivity index is 1.99. The minimum atomic E-state index is -3.56. The second-order valence-corrected chi connectivity index (χ2v) is 7.36. The molecule has 1 unspecified atom stereocenters. The molecule has 1 N–H and O–H groups in total. The number of fused-ring (bicyclic) bond motifs is 1. The zero-order valence-electron chi connectivity index (χ0n) is 13.2. The maximum Gasteiger partial charge on any atom is 0.272 e. The van der Waals surface area contributed by atoms with Crippen LogP contribution in [0.4, 0.5) is 0 Å². The first-order chi connectivity index (χ1) is 11.4. The lowest BCUT2D eigenvalue weighted by atomic mass is 10.1. The van der Waals surface area contributed by atoms with E-state index in [1.165, 1.54) is 4.40 Å². The normalized spacial score (nSPS) is 12.9. The summed E-state index contributed by atoms with van der Waals surface area (Å²) < 4.78 is 25.2. The molecule has 0 aliphatic heterocycles. The first-order valence-corrected chi connectivity index (χ1v) is 9.15. The number of carbonyl (C=O) groups excluding carboxylic acids is 1.